The summed E-state index contributed by atoms with van der Waals surface area (Å²) in [5, 5.41) is 9.70. The number of hydrogen-bond acceptors (Lipinski definition) is 5. The topological polar surface area (TPSA) is 79.7 Å². The molecule has 1 aromatic heterocycles. The normalized spacial score (nSPS) is 10.0. The average Bonchev–Trinajstić information content (AvgIpc) is 2.53. The Hall–Kier alpha value is -2.89. The molecule has 21 heavy (non-hydrogen) atoms. The van der Waals surface area contributed by atoms with Gasteiger partial charge in [0.05, 0.1) is 18.4 Å². The Morgan fingerprint density at radius 2 is 1.90 bits per heavy atom. The van der Waals surface area contributed by atoms with E-state index in [0.29, 0.717) is 5.69 Å². The van der Waals surface area contributed by atoms with Crippen LogP contribution < -0.4 is 4.90 Å². The molecule has 0 saturated carbocycles. The number of benzene rings is 1. The molecule has 1 N–H and O–H groups in total. The van der Waals surface area contributed by atoms with Gasteiger partial charge in [-0.25, -0.2) is 9.78 Å². The van der Waals surface area contributed by atoms with Crippen molar-refractivity contribution in [2.75, 3.05) is 19.1 Å². The predicted octanol–water partition coefficient (Wildman–Crippen LogP) is 1.85. The van der Waals surface area contributed by atoms with Crippen molar-refractivity contribution >= 4 is 17.6 Å². The third kappa shape index (κ3) is 2.84. The van der Waals surface area contributed by atoms with E-state index in [2.05, 4.69) is 4.98 Å². The number of hydrogen-bond donors (Lipinski definition) is 1. The lowest BCUT2D eigenvalue weighted by Crippen LogP contribution is -2.28. The van der Waals surface area contributed by atoms with Gasteiger partial charge in [0.15, 0.2) is 5.69 Å². The highest BCUT2D eigenvalue weighted by molar-refractivity contribution is 6.09. The first-order valence-electron chi connectivity index (χ1n) is 6.15. The van der Waals surface area contributed by atoms with Crippen molar-refractivity contribution < 1.29 is 19.4 Å². The summed E-state index contributed by atoms with van der Waals surface area (Å²) >= 11 is 0. The molecule has 1 heterocycles. The molecular formula is C15H14N2O4. The number of pyridine rings is 1. The van der Waals surface area contributed by atoms with Crippen LogP contribution in [0.5, 0.6) is 5.75 Å². The van der Waals surface area contributed by atoms with E-state index < -0.39 is 11.9 Å². The molecule has 2 rings (SSSR count). The lowest BCUT2D eigenvalue weighted by Gasteiger charge is -2.19. The first-order chi connectivity index (χ1) is 10.1. The molecule has 6 nitrogen and oxygen atoms in total. The number of ether oxygens (including phenoxy) is 1. The molecule has 1 amide bonds. The summed E-state index contributed by atoms with van der Waals surface area (Å²) in [7, 11) is 2.77. The van der Waals surface area contributed by atoms with Crippen molar-refractivity contribution in [1.82, 2.24) is 4.98 Å². The van der Waals surface area contributed by atoms with Crippen LogP contribution in [0.3, 0.4) is 0 Å². The zero-order valence-corrected chi connectivity index (χ0v) is 11.6. The monoisotopic (exact) mass is 286 g/mol. The molecule has 0 spiro atoms. The Balaban J connectivity index is 2.41. The number of para-hydroxylation sites is 1. The summed E-state index contributed by atoms with van der Waals surface area (Å²) in [6.07, 6.45) is 1.41. The highest BCUT2D eigenvalue weighted by Gasteiger charge is 2.22. The van der Waals surface area contributed by atoms with Crippen LogP contribution in [0.2, 0.25) is 0 Å². The van der Waals surface area contributed by atoms with Gasteiger partial charge in [0.2, 0.25) is 0 Å². The molecule has 2 aromatic rings. The van der Waals surface area contributed by atoms with Crippen molar-refractivity contribution in [2.45, 2.75) is 0 Å². The first-order valence-corrected chi connectivity index (χ1v) is 6.15. The molecule has 0 atom stereocenters. The van der Waals surface area contributed by atoms with E-state index in [-0.39, 0.29) is 17.0 Å². The van der Waals surface area contributed by atoms with E-state index in [1.807, 2.05) is 0 Å². The number of aromatic hydroxyl groups is 1. The minimum absolute atomic E-state index is 0.0836. The Kier molecular flexibility index (Phi) is 4.18. The highest BCUT2D eigenvalue weighted by atomic mass is 16.5. The lowest BCUT2D eigenvalue weighted by molar-refractivity contribution is 0.0601. The molecule has 0 aliphatic rings. The smallest absolute Gasteiger partial charge is 0.339 e. The van der Waals surface area contributed by atoms with Gasteiger partial charge in [-0.05, 0) is 24.3 Å². The predicted molar refractivity (Wildman–Crippen MR) is 76.4 cm³/mol. The summed E-state index contributed by atoms with van der Waals surface area (Å²) < 4.78 is 4.69. The Labute approximate surface area is 121 Å². The van der Waals surface area contributed by atoms with Gasteiger partial charge in [-0.1, -0.05) is 12.1 Å². The fraction of sp³-hybridized carbons (Fsp3) is 0.133. The maximum absolute atomic E-state index is 12.4. The molecule has 6 heteroatoms. The second-order valence-electron chi connectivity index (χ2n) is 4.24. The van der Waals surface area contributed by atoms with Crippen molar-refractivity contribution in [3.05, 3.63) is 53.9 Å². The van der Waals surface area contributed by atoms with Gasteiger partial charge in [-0.3, -0.25) is 4.79 Å². The molecular weight excluding hydrogens is 272 g/mol. The molecule has 1 aromatic carbocycles. The van der Waals surface area contributed by atoms with Crippen LogP contribution in [0, 0.1) is 0 Å². The third-order valence-electron chi connectivity index (χ3n) is 2.96. The highest BCUT2D eigenvalue weighted by Crippen LogP contribution is 2.23. The van der Waals surface area contributed by atoms with Gasteiger partial charge in [0.1, 0.15) is 5.75 Å². The second-order valence-corrected chi connectivity index (χ2v) is 4.24. The van der Waals surface area contributed by atoms with Crippen molar-refractivity contribution in [2.24, 2.45) is 0 Å². The summed E-state index contributed by atoms with van der Waals surface area (Å²) in [5.41, 5.74) is 0.547. The van der Waals surface area contributed by atoms with Crippen LogP contribution in [-0.2, 0) is 4.74 Å². The number of esters is 1. The van der Waals surface area contributed by atoms with Crippen molar-refractivity contribution in [1.29, 1.82) is 0 Å². The van der Waals surface area contributed by atoms with Crippen LogP contribution in [-0.4, -0.2) is 36.1 Å². The second kappa shape index (κ2) is 6.04. The van der Waals surface area contributed by atoms with Gasteiger partial charge in [0, 0.05) is 13.2 Å². The van der Waals surface area contributed by atoms with E-state index in [4.69, 9.17) is 4.74 Å². The molecule has 0 bridgehead atoms. The molecule has 0 unspecified atom stereocenters. The lowest BCUT2D eigenvalue weighted by atomic mass is 10.1. The van der Waals surface area contributed by atoms with Crippen molar-refractivity contribution in [3.8, 4) is 5.75 Å². The van der Waals surface area contributed by atoms with Crippen LogP contribution >= 0.6 is 0 Å². The molecule has 0 fully saturated rings. The number of methoxy groups -OCH3 is 1. The van der Waals surface area contributed by atoms with E-state index in [1.54, 1.807) is 24.3 Å². The van der Waals surface area contributed by atoms with Gasteiger partial charge >= 0.3 is 5.97 Å². The van der Waals surface area contributed by atoms with Gasteiger partial charge in [0.25, 0.3) is 5.91 Å². The number of amides is 1. The van der Waals surface area contributed by atoms with Crippen molar-refractivity contribution in [3.63, 3.8) is 0 Å². The summed E-state index contributed by atoms with van der Waals surface area (Å²) in [6.45, 7) is 0. The number of aromatic nitrogens is 1. The number of rotatable bonds is 3. The van der Waals surface area contributed by atoms with E-state index in [0.717, 1.165) is 0 Å². The SMILES string of the molecule is COC(=O)c1ccccc1N(C)C(=O)c1ncccc1O. The van der Waals surface area contributed by atoms with Crippen LogP contribution in [0.4, 0.5) is 5.69 Å². The molecule has 108 valence electrons. The molecule has 0 aliphatic heterocycles. The minimum atomic E-state index is -0.546. The van der Waals surface area contributed by atoms with Crippen LogP contribution in [0.1, 0.15) is 20.8 Å². The minimum Gasteiger partial charge on any atom is -0.505 e. The quantitative estimate of drug-likeness (QED) is 0.871. The standard InChI is InChI=1S/C15H14N2O4/c1-17(14(19)13-12(18)8-5-9-16-13)11-7-4-3-6-10(11)15(20)21-2/h3-9,18H,1-2H3. The van der Waals surface area contributed by atoms with E-state index in [9.17, 15) is 14.7 Å². The maximum atomic E-state index is 12.4. The van der Waals surface area contributed by atoms with Gasteiger partial charge < -0.3 is 14.7 Å². The number of carbonyl (C=O) groups is 2. The summed E-state index contributed by atoms with van der Waals surface area (Å²) in [4.78, 5) is 29.2. The Morgan fingerprint density at radius 3 is 2.57 bits per heavy atom. The van der Waals surface area contributed by atoms with Crippen LogP contribution in [0.25, 0.3) is 0 Å². The van der Waals surface area contributed by atoms with Gasteiger partial charge in [-0.15, -0.1) is 0 Å². The van der Waals surface area contributed by atoms with E-state index >= 15 is 0 Å². The Morgan fingerprint density at radius 1 is 1.19 bits per heavy atom. The molecule has 0 saturated heterocycles. The van der Waals surface area contributed by atoms with Crippen LogP contribution in [0.15, 0.2) is 42.6 Å². The zero-order chi connectivity index (χ0) is 15.4. The average molecular weight is 286 g/mol. The van der Waals surface area contributed by atoms with E-state index in [1.165, 1.54) is 37.4 Å². The molecule has 0 radical (unpaired) electrons. The van der Waals surface area contributed by atoms with Gasteiger partial charge in [-0.2, -0.15) is 0 Å². The number of anilines is 1. The maximum Gasteiger partial charge on any atom is 0.339 e. The fourth-order valence-electron chi connectivity index (χ4n) is 1.88. The zero-order valence-electron chi connectivity index (χ0n) is 11.6. The number of carbonyl (C=O) groups excluding carboxylic acids is 2. The number of nitrogens with zero attached hydrogens (tertiary/aromatic N) is 2. The summed E-state index contributed by atoms with van der Waals surface area (Å²) in [5.74, 6) is -1.29. The molecule has 0 aliphatic carbocycles. The Bertz CT molecular complexity index is 685. The first kappa shape index (κ1) is 14.5. The summed E-state index contributed by atoms with van der Waals surface area (Å²) in [6, 6.07) is 9.44. The fourth-order valence-corrected chi connectivity index (χ4v) is 1.88. The largest absolute Gasteiger partial charge is 0.505 e. The third-order valence-corrected chi connectivity index (χ3v) is 2.96.